The first-order valence-corrected chi connectivity index (χ1v) is 10.9. The average Bonchev–Trinajstić information content (AvgIpc) is 2.68. The lowest BCUT2D eigenvalue weighted by molar-refractivity contribution is -0.155. The molecule has 1 aromatic carbocycles. The molecule has 2 saturated heterocycles. The fourth-order valence-corrected chi connectivity index (χ4v) is 4.72. The summed E-state index contributed by atoms with van der Waals surface area (Å²) in [6, 6.07) is 6.23. The highest BCUT2D eigenvalue weighted by atomic mass is 19.1. The van der Waals surface area contributed by atoms with Gasteiger partial charge >= 0.3 is 0 Å². The third-order valence-corrected chi connectivity index (χ3v) is 5.81. The molecule has 2 aliphatic rings. The largest absolute Gasteiger partial charge is 0.491 e. The van der Waals surface area contributed by atoms with Gasteiger partial charge in [0, 0.05) is 32.2 Å². The van der Waals surface area contributed by atoms with Gasteiger partial charge in [-0.3, -0.25) is 4.79 Å². The second-order valence-electron chi connectivity index (χ2n) is 9.65. The number of ether oxygens (including phenoxy) is 2. The van der Waals surface area contributed by atoms with Crippen LogP contribution in [0.2, 0.25) is 0 Å². The Bertz CT molecular complexity index is 687. The van der Waals surface area contributed by atoms with Gasteiger partial charge in [0.1, 0.15) is 30.9 Å². The minimum atomic E-state index is -0.288. The number of benzene rings is 1. The topological polar surface area (TPSA) is 45.2 Å². The van der Waals surface area contributed by atoms with Crippen molar-refractivity contribution in [2.24, 2.45) is 5.41 Å². The van der Waals surface area contributed by atoms with E-state index >= 15 is 0 Å². The molecular weight excluding hydrogens is 385 g/mol. The summed E-state index contributed by atoms with van der Waals surface area (Å²) in [5, 5.41) is 0. The Labute approximate surface area is 179 Å². The lowest BCUT2D eigenvalue weighted by atomic mass is 9.90. The van der Waals surface area contributed by atoms with Crippen molar-refractivity contribution in [2.75, 3.05) is 60.0 Å². The fourth-order valence-electron chi connectivity index (χ4n) is 4.72. The standard InChI is InChI=1S/C23H36FN3O3/c1-23(2,16-25(3)4)17-26-11-9-19(10-12-26)27-13-21(30-15-22(27)28)14-29-20-7-5-18(24)6-8-20/h5-8,19,21H,9-17H2,1-4H3. The Kier molecular flexibility index (Phi) is 7.71. The van der Waals surface area contributed by atoms with Crippen LogP contribution in [0.4, 0.5) is 4.39 Å². The van der Waals surface area contributed by atoms with Crippen LogP contribution in [0.1, 0.15) is 26.7 Å². The molecule has 0 saturated carbocycles. The van der Waals surface area contributed by atoms with Crippen LogP contribution < -0.4 is 4.74 Å². The minimum absolute atomic E-state index is 0.0689. The van der Waals surface area contributed by atoms with Crippen LogP contribution in [0.15, 0.2) is 24.3 Å². The predicted molar refractivity (Wildman–Crippen MR) is 115 cm³/mol. The first-order chi connectivity index (χ1) is 14.2. The van der Waals surface area contributed by atoms with Crippen LogP contribution in [-0.4, -0.2) is 92.8 Å². The molecular formula is C23H36FN3O3. The maximum absolute atomic E-state index is 13.0. The van der Waals surface area contributed by atoms with E-state index in [1.54, 1.807) is 12.1 Å². The molecule has 0 aromatic heterocycles. The predicted octanol–water partition coefficient (Wildman–Crippen LogP) is 2.48. The van der Waals surface area contributed by atoms with E-state index in [1.807, 2.05) is 4.90 Å². The molecule has 2 fully saturated rings. The molecule has 168 valence electrons. The summed E-state index contributed by atoms with van der Waals surface area (Å²) in [5.41, 5.74) is 0.244. The van der Waals surface area contributed by atoms with Gasteiger partial charge in [0.15, 0.2) is 0 Å². The van der Waals surface area contributed by atoms with E-state index in [0.717, 1.165) is 39.0 Å². The molecule has 1 unspecified atom stereocenters. The smallest absolute Gasteiger partial charge is 0.248 e. The molecule has 1 aromatic rings. The first kappa shape index (κ1) is 23.0. The fraction of sp³-hybridized carbons (Fsp3) is 0.696. The molecule has 0 bridgehead atoms. The Hall–Kier alpha value is -1.70. The number of hydrogen-bond acceptors (Lipinski definition) is 5. The number of hydrogen-bond donors (Lipinski definition) is 0. The second-order valence-corrected chi connectivity index (χ2v) is 9.65. The highest BCUT2D eigenvalue weighted by Crippen LogP contribution is 2.24. The van der Waals surface area contributed by atoms with Crippen LogP contribution in [0.25, 0.3) is 0 Å². The van der Waals surface area contributed by atoms with Crippen molar-refractivity contribution in [3.05, 3.63) is 30.1 Å². The van der Waals surface area contributed by atoms with E-state index in [-0.39, 0.29) is 35.9 Å². The van der Waals surface area contributed by atoms with Gasteiger partial charge in [-0.1, -0.05) is 13.8 Å². The Balaban J connectivity index is 1.47. The molecule has 1 amide bonds. The number of halogens is 1. The van der Waals surface area contributed by atoms with Crippen LogP contribution >= 0.6 is 0 Å². The number of carbonyl (C=O) groups excluding carboxylic acids is 1. The van der Waals surface area contributed by atoms with Gasteiger partial charge in [-0.15, -0.1) is 0 Å². The number of carbonyl (C=O) groups is 1. The van der Waals surface area contributed by atoms with Crippen LogP contribution in [0.5, 0.6) is 5.75 Å². The van der Waals surface area contributed by atoms with Gasteiger partial charge in [-0.2, -0.15) is 0 Å². The zero-order chi connectivity index (χ0) is 21.7. The molecule has 0 spiro atoms. The number of morpholine rings is 1. The summed E-state index contributed by atoms with van der Waals surface area (Å²) in [4.78, 5) is 19.2. The van der Waals surface area contributed by atoms with Gasteiger partial charge in [0.05, 0.1) is 6.54 Å². The van der Waals surface area contributed by atoms with Crippen LogP contribution in [0.3, 0.4) is 0 Å². The Morgan fingerprint density at radius 3 is 2.50 bits per heavy atom. The molecule has 3 rings (SSSR count). The zero-order valence-corrected chi connectivity index (χ0v) is 18.8. The molecule has 1 atom stereocenters. The summed E-state index contributed by atoms with van der Waals surface area (Å²) >= 11 is 0. The van der Waals surface area contributed by atoms with E-state index in [9.17, 15) is 9.18 Å². The van der Waals surface area contributed by atoms with Crippen molar-refractivity contribution in [2.45, 2.75) is 38.8 Å². The van der Waals surface area contributed by atoms with Gasteiger partial charge < -0.3 is 24.2 Å². The van der Waals surface area contributed by atoms with Crippen molar-refractivity contribution in [3.8, 4) is 5.75 Å². The number of piperidine rings is 1. The van der Waals surface area contributed by atoms with Crippen molar-refractivity contribution in [1.29, 1.82) is 0 Å². The molecule has 2 aliphatic heterocycles. The molecule has 30 heavy (non-hydrogen) atoms. The van der Waals surface area contributed by atoms with Gasteiger partial charge in [0.25, 0.3) is 0 Å². The number of rotatable bonds is 8. The summed E-state index contributed by atoms with van der Waals surface area (Å²) in [5.74, 6) is 0.390. The lowest BCUT2D eigenvalue weighted by Gasteiger charge is -2.43. The Morgan fingerprint density at radius 1 is 1.20 bits per heavy atom. The summed E-state index contributed by atoms with van der Waals surface area (Å²) in [7, 11) is 4.24. The lowest BCUT2D eigenvalue weighted by Crippen LogP contribution is -2.56. The van der Waals surface area contributed by atoms with Crippen molar-refractivity contribution in [3.63, 3.8) is 0 Å². The van der Waals surface area contributed by atoms with E-state index < -0.39 is 0 Å². The zero-order valence-electron chi connectivity index (χ0n) is 18.8. The van der Waals surface area contributed by atoms with Crippen molar-refractivity contribution >= 4 is 5.91 Å². The average molecular weight is 422 g/mol. The van der Waals surface area contributed by atoms with Gasteiger partial charge in [0.2, 0.25) is 5.91 Å². The number of amides is 1. The summed E-state index contributed by atoms with van der Waals surface area (Å²) in [6.45, 7) is 9.81. The van der Waals surface area contributed by atoms with Gasteiger partial charge in [-0.25, -0.2) is 4.39 Å². The second kappa shape index (κ2) is 10.1. The summed E-state index contributed by atoms with van der Waals surface area (Å²) in [6.07, 6.45) is 1.83. The van der Waals surface area contributed by atoms with Crippen molar-refractivity contribution < 1.29 is 18.7 Å². The molecule has 0 radical (unpaired) electrons. The normalized spacial score (nSPS) is 22.0. The SMILES string of the molecule is CN(C)CC(C)(C)CN1CCC(N2CC(COc3ccc(F)cc3)OCC2=O)CC1. The highest BCUT2D eigenvalue weighted by Gasteiger charge is 2.34. The van der Waals surface area contributed by atoms with Gasteiger partial charge in [-0.05, 0) is 56.6 Å². The molecule has 6 nitrogen and oxygen atoms in total. The Morgan fingerprint density at radius 2 is 1.87 bits per heavy atom. The van der Waals surface area contributed by atoms with E-state index in [0.29, 0.717) is 18.9 Å². The number of likely N-dealkylation sites (tertiary alicyclic amines) is 1. The first-order valence-electron chi connectivity index (χ1n) is 10.9. The quantitative estimate of drug-likeness (QED) is 0.645. The van der Waals surface area contributed by atoms with Crippen molar-refractivity contribution in [1.82, 2.24) is 14.7 Å². The third kappa shape index (κ3) is 6.65. The molecule has 7 heteroatoms. The van der Waals surface area contributed by atoms with E-state index in [1.165, 1.54) is 12.1 Å². The minimum Gasteiger partial charge on any atom is -0.491 e. The van der Waals surface area contributed by atoms with E-state index in [4.69, 9.17) is 9.47 Å². The monoisotopic (exact) mass is 421 g/mol. The third-order valence-electron chi connectivity index (χ3n) is 5.81. The maximum atomic E-state index is 13.0. The van der Waals surface area contributed by atoms with Crippen LogP contribution in [0, 0.1) is 11.2 Å². The van der Waals surface area contributed by atoms with E-state index in [2.05, 4.69) is 37.7 Å². The number of nitrogens with zero attached hydrogens (tertiary/aromatic N) is 3. The molecule has 0 aliphatic carbocycles. The summed E-state index contributed by atoms with van der Waals surface area (Å²) < 4.78 is 24.4. The maximum Gasteiger partial charge on any atom is 0.248 e. The molecule has 2 heterocycles. The highest BCUT2D eigenvalue weighted by molar-refractivity contribution is 5.78. The van der Waals surface area contributed by atoms with Crippen LogP contribution in [-0.2, 0) is 9.53 Å². The molecule has 0 N–H and O–H groups in total.